The second-order valence-corrected chi connectivity index (χ2v) is 7.49. The average molecular weight is 312 g/mol. The summed E-state index contributed by atoms with van der Waals surface area (Å²) in [7, 11) is 4.30. The standard InChI is InChI=1S/C17H33N3S/c1-7-9-18-11-17-10-16(15(4)21-17)13-20(8-2)14(3)12-19(5)6/h10,14,18H,7-9,11-13H2,1-6H3. The van der Waals surface area contributed by atoms with E-state index in [-0.39, 0.29) is 0 Å². The lowest BCUT2D eigenvalue weighted by Gasteiger charge is -2.30. The van der Waals surface area contributed by atoms with E-state index < -0.39 is 0 Å². The number of nitrogens with zero attached hydrogens (tertiary/aromatic N) is 2. The van der Waals surface area contributed by atoms with Crippen molar-refractivity contribution in [2.75, 3.05) is 33.7 Å². The first kappa shape index (κ1) is 18.6. The summed E-state index contributed by atoms with van der Waals surface area (Å²) in [4.78, 5) is 7.78. The molecule has 1 N–H and O–H groups in total. The van der Waals surface area contributed by atoms with Crippen LogP contribution in [-0.2, 0) is 13.1 Å². The fourth-order valence-electron chi connectivity index (χ4n) is 2.66. The lowest BCUT2D eigenvalue weighted by atomic mass is 10.2. The molecule has 0 aliphatic rings. The van der Waals surface area contributed by atoms with Crippen molar-refractivity contribution in [3.63, 3.8) is 0 Å². The molecule has 1 rings (SSSR count). The van der Waals surface area contributed by atoms with Crippen molar-refractivity contribution in [3.8, 4) is 0 Å². The van der Waals surface area contributed by atoms with Gasteiger partial charge >= 0.3 is 0 Å². The molecule has 1 heterocycles. The van der Waals surface area contributed by atoms with Crippen molar-refractivity contribution < 1.29 is 0 Å². The van der Waals surface area contributed by atoms with E-state index >= 15 is 0 Å². The molecule has 1 unspecified atom stereocenters. The Bertz CT molecular complexity index is 401. The molecule has 21 heavy (non-hydrogen) atoms. The zero-order chi connectivity index (χ0) is 15.8. The molecule has 0 fully saturated rings. The number of thiophene rings is 1. The van der Waals surface area contributed by atoms with Crippen LogP contribution in [0.4, 0.5) is 0 Å². The Labute approximate surface area is 135 Å². The normalized spacial score (nSPS) is 13.3. The quantitative estimate of drug-likeness (QED) is 0.669. The maximum absolute atomic E-state index is 3.50. The molecule has 0 aliphatic carbocycles. The molecule has 3 nitrogen and oxygen atoms in total. The Balaban J connectivity index is 2.63. The van der Waals surface area contributed by atoms with Gasteiger partial charge in [0.15, 0.2) is 0 Å². The highest BCUT2D eigenvalue weighted by molar-refractivity contribution is 7.12. The van der Waals surface area contributed by atoms with Gasteiger partial charge in [0.1, 0.15) is 0 Å². The summed E-state index contributed by atoms with van der Waals surface area (Å²) in [5, 5.41) is 3.50. The van der Waals surface area contributed by atoms with E-state index in [1.807, 2.05) is 11.3 Å². The van der Waals surface area contributed by atoms with E-state index in [2.05, 4.69) is 63.0 Å². The van der Waals surface area contributed by atoms with E-state index in [0.717, 1.165) is 32.7 Å². The number of aryl methyl sites for hydroxylation is 1. The highest BCUT2D eigenvalue weighted by Crippen LogP contribution is 2.23. The van der Waals surface area contributed by atoms with Crippen LogP contribution < -0.4 is 5.32 Å². The lowest BCUT2D eigenvalue weighted by molar-refractivity contribution is 0.174. The van der Waals surface area contributed by atoms with Gasteiger partial charge in [-0.1, -0.05) is 13.8 Å². The number of hydrogen-bond acceptors (Lipinski definition) is 4. The van der Waals surface area contributed by atoms with Crippen molar-refractivity contribution >= 4 is 11.3 Å². The summed E-state index contributed by atoms with van der Waals surface area (Å²) >= 11 is 1.94. The molecule has 122 valence electrons. The van der Waals surface area contributed by atoms with E-state index in [1.165, 1.54) is 21.7 Å². The van der Waals surface area contributed by atoms with E-state index in [0.29, 0.717) is 6.04 Å². The third-order valence-corrected chi connectivity index (χ3v) is 4.92. The largest absolute Gasteiger partial charge is 0.312 e. The average Bonchev–Trinajstić information content (AvgIpc) is 2.75. The van der Waals surface area contributed by atoms with E-state index in [1.54, 1.807) is 0 Å². The van der Waals surface area contributed by atoms with Crippen LogP contribution >= 0.6 is 11.3 Å². The minimum absolute atomic E-state index is 0.589. The predicted octanol–water partition coefficient (Wildman–Crippen LogP) is 3.33. The summed E-state index contributed by atoms with van der Waals surface area (Å²) in [6, 6.07) is 2.99. The number of hydrogen-bond donors (Lipinski definition) is 1. The van der Waals surface area contributed by atoms with Gasteiger partial charge in [-0.15, -0.1) is 11.3 Å². The van der Waals surface area contributed by atoms with Gasteiger partial charge in [-0.05, 0) is 59.1 Å². The van der Waals surface area contributed by atoms with Crippen LogP contribution in [0.3, 0.4) is 0 Å². The molecule has 0 spiro atoms. The molecule has 1 aromatic rings. The minimum Gasteiger partial charge on any atom is -0.312 e. The second kappa shape index (κ2) is 9.57. The Morgan fingerprint density at radius 2 is 2.00 bits per heavy atom. The van der Waals surface area contributed by atoms with Gasteiger partial charge in [-0.25, -0.2) is 0 Å². The van der Waals surface area contributed by atoms with Crippen LogP contribution in [0.15, 0.2) is 6.07 Å². The smallest absolute Gasteiger partial charge is 0.0299 e. The third-order valence-electron chi connectivity index (χ3n) is 3.83. The summed E-state index contributed by atoms with van der Waals surface area (Å²) in [5.41, 5.74) is 1.50. The van der Waals surface area contributed by atoms with Crippen LogP contribution in [0.25, 0.3) is 0 Å². The van der Waals surface area contributed by atoms with Crippen LogP contribution in [-0.4, -0.2) is 49.6 Å². The van der Waals surface area contributed by atoms with Gasteiger partial charge in [0.25, 0.3) is 0 Å². The van der Waals surface area contributed by atoms with Gasteiger partial charge in [-0.2, -0.15) is 0 Å². The summed E-state index contributed by atoms with van der Waals surface area (Å²) in [6.45, 7) is 14.5. The predicted molar refractivity (Wildman–Crippen MR) is 95.2 cm³/mol. The molecule has 0 saturated heterocycles. The number of nitrogens with one attached hydrogen (secondary N) is 1. The lowest BCUT2D eigenvalue weighted by Crippen LogP contribution is -2.39. The highest BCUT2D eigenvalue weighted by Gasteiger charge is 2.15. The Hall–Kier alpha value is -0.420. The van der Waals surface area contributed by atoms with Crippen molar-refractivity contribution in [2.24, 2.45) is 0 Å². The van der Waals surface area contributed by atoms with Crippen LogP contribution in [0.1, 0.15) is 42.5 Å². The van der Waals surface area contributed by atoms with Crippen LogP contribution in [0, 0.1) is 6.92 Å². The zero-order valence-corrected chi connectivity index (χ0v) is 15.5. The molecular weight excluding hydrogens is 278 g/mol. The third kappa shape index (κ3) is 6.47. The molecule has 0 aromatic carbocycles. The Morgan fingerprint density at radius 1 is 1.29 bits per heavy atom. The first-order valence-corrected chi connectivity index (χ1v) is 8.97. The molecule has 0 radical (unpaired) electrons. The maximum Gasteiger partial charge on any atom is 0.0299 e. The first-order valence-electron chi connectivity index (χ1n) is 8.15. The van der Waals surface area contributed by atoms with E-state index in [4.69, 9.17) is 0 Å². The Kier molecular flexibility index (Phi) is 8.49. The van der Waals surface area contributed by atoms with Gasteiger partial charge in [0.05, 0.1) is 0 Å². The molecule has 1 aromatic heterocycles. The SMILES string of the molecule is CCCNCc1cc(CN(CC)C(C)CN(C)C)c(C)s1. The van der Waals surface area contributed by atoms with Crippen molar-refractivity contribution in [1.29, 1.82) is 0 Å². The summed E-state index contributed by atoms with van der Waals surface area (Å²) in [6.07, 6.45) is 1.20. The summed E-state index contributed by atoms with van der Waals surface area (Å²) < 4.78 is 0. The van der Waals surface area contributed by atoms with Crippen molar-refractivity contribution in [1.82, 2.24) is 15.1 Å². The Morgan fingerprint density at radius 3 is 2.57 bits per heavy atom. The molecule has 0 aliphatic heterocycles. The zero-order valence-electron chi connectivity index (χ0n) is 14.7. The highest BCUT2D eigenvalue weighted by atomic mass is 32.1. The first-order chi connectivity index (χ1) is 9.97. The monoisotopic (exact) mass is 311 g/mol. The fourth-order valence-corrected chi connectivity index (χ4v) is 3.69. The van der Waals surface area contributed by atoms with E-state index in [9.17, 15) is 0 Å². The fraction of sp³-hybridized carbons (Fsp3) is 0.765. The topological polar surface area (TPSA) is 18.5 Å². The van der Waals surface area contributed by atoms with Gasteiger partial charge in [0.2, 0.25) is 0 Å². The maximum atomic E-state index is 3.50. The molecule has 0 bridgehead atoms. The minimum atomic E-state index is 0.589. The molecule has 4 heteroatoms. The second-order valence-electron chi connectivity index (χ2n) is 6.15. The molecule has 1 atom stereocenters. The van der Waals surface area contributed by atoms with Gasteiger partial charge < -0.3 is 10.2 Å². The van der Waals surface area contributed by atoms with Gasteiger partial charge in [0, 0.05) is 35.4 Å². The van der Waals surface area contributed by atoms with Crippen LogP contribution in [0.5, 0.6) is 0 Å². The number of likely N-dealkylation sites (N-methyl/N-ethyl adjacent to an activating group) is 2. The van der Waals surface area contributed by atoms with Gasteiger partial charge in [-0.3, -0.25) is 4.90 Å². The van der Waals surface area contributed by atoms with Crippen molar-refractivity contribution in [3.05, 3.63) is 21.4 Å². The molecule has 0 amide bonds. The molecule has 0 saturated carbocycles. The number of rotatable bonds is 10. The molecular formula is C17H33N3S. The summed E-state index contributed by atoms with van der Waals surface area (Å²) in [5.74, 6) is 0. The van der Waals surface area contributed by atoms with Crippen LogP contribution in [0.2, 0.25) is 0 Å². The van der Waals surface area contributed by atoms with Crippen molar-refractivity contribution in [2.45, 2.75) is 53.2 Å².